The number of aromatic nitrogens is 4. The van der Waals surface area contributed by atoms with E-state index in [1.165, 1.54) is 11.1 Å². The van der Waals surface area contributed by atoms with Crippen molar-refractivity contribution in [2.24, 2.45) is 0 Å². The summed E-state index contributed by atoms with van der Waals surface area (Å²) in [7, 11) is 1.68. The first-order valence-electron chi connectivity index (χ1n) is 11.7. The number of hydrogen-bond donors (Lipinski definition) is 0. The van der Waals surface area contributed by atoms with Crippen molar-refractivity contribution in [1.82, 2.24) is 30.0 Å². The molecule has 1 aliphatic rings. The Kier molecular flexibility index (Phi) is 6.93. The number of methoxy groups -OCH3 is 1. The maximum absolute atomic E-state index is 5.29. The summed E-state index contributed by atoms with van der Waals surface area (Å²) in [5, 5.41) is 12.9. The molecule has 1 aromatic heterocycles. The number of piperazine rings is 1. The predicted octanol–water partition coefficient (Wildman–Crippen LogP) is 3.64. The Labute approximate surface area is 200 Å². The lowest BCUT2D eigenvalue weighted by Crippen LogP contribution is -2.47. The van der Waals surface area contributed by atoms with Crippen molar-refractivity contribution < 1.29 is 4.74 Å². The van der Waals surface area contributed by atoms with Gasteiger partial charge in [0.2, 0.25) is 0 Å². The van der Waals surface area contributed by atoms with Crippen LogP contribution in [0.1, 0.15) is 28.6 Å². The SMILES string of the molecule is COc1ccc(Cn2nnnc2[C@@H](c2ccccc2)N2CCN(Cc3ccccc3)CC2)cc1. The number of hydrogen-bond acceptors (Lipinski definition) is 6. The lowest BCUT2D eigenvalue weighted by Gasteiger charge is -2.39. The lowest BCUT2D eigenvalue weighted by atomic mass is 10.0. The van der Waals surface area contributed by atoms with Crippen LogP contribution in [0.2, 0.25) is 0 Å². The fourth-order valence-electron chi connectivity index (χ4n) is 4.60. The summed E-state index contributed by atoms with van der Waals surface area (Å²) in [5.74, 6) is 1.72. The fourth-order valence-corrected chi connectivity index (χ4v) is 4.60. The summed E-state index contributed by atoms with van der Waals surface area (Å²) < 4.78 is 7.22. The maximum atomic E-state index is 5.29. The molecular formula is C27H30N6O. The topological polar surface area (TPSA) is 59.3 Å². The molecule has 0 spiro atoms. The molecule has 1 aliphatic heterocycles. The Morgan fingerprint density at radius 1 is 0.765 bits per heavy atom. The van der Waals surface area contributed by atoms with Crippen molar-refractivity contribution in [2.75, 3.05) is 33.3 Å². The van der Waals surface area contributed by atoms with Crippen LogP contribution >= 0.6 is 0 Å². The van der Waals surface area contributed by atoms with E-state index in [1.807, 2.05) is 16.8 Å². The number of tetrazole rings is 1. The zero-order valence-electron chi connectivity index (χ0n) is 19.5. The Balaban J connectivity index is 1.35. The molecule has 7 heteroatoms. The molecule has 34 heavy (non-hydrogen) atoms. The van der Waals surface area contributed by atoms with Crippen molar-refractivity contribution in [3.05, 3.63) is 107 Å². The minimum absolute atomic E-state index is 0.00771. The van der Waals surface area contributed by atoms with E-state index in [0.717, 1.165) is 49.9 Å². The fraction of sp³-hybridized carbons (Fsp3) is 0.296. The van der Waals surface area contributed by atoms with Crippen LogP contribution in [-0.4, -0.2) is 63.3 Å². The zero-order valence-corrected chi connectivity index (χ0v) is 19.5. The van der Waals surface area contributed by atoms with Crippen molar-refractivity contribution in [1.29, 1.82) is 0 Å². The summed E-state index contributed by atoms with van der Waals surface area (Å²) in [4.78, 5) is 5.03. The standard InChI is InChI=1S/C27H30N6O/c1-34-25-14-12-23(13-15-25)21-33-27(28-29-30-33)26(24-10-6-3-7-11-24)32-18-16-31(17-19-32)20-22-8-4-2-5-9-22/h2-15,26H,16-21H2,1H3/t26-/m1/s1. The van der Waals surface area contributed by atoms with E-state index in [0.29, 0.717) is 6.54 Å². The molecule has 4 aromatic rings. The quantitative estimate of drug-likeness (QED) is 0.405. The first-order valence-corrected chi connectivity index (χ1v) is 11.7. The molecule has 2 heterocycles. The van der Waals surface area contributed by atoms with Gasteiger partial charge in [-0.2, -0.15) is 0 Å². The van der Waals surface area contributed by atoms with Gasteiger partial charge in [0.1, 0.15) is 5.75 Å². The van der Waals surface area contributed by atoms with Crippen LogP contribution in [0.25, 0.3) is 0 Å². The summed E-state index contributed by atoms with van der Waals surface area (Å²) in [5.41, 5.74) is 3.71. The van der Waals surface area contributed by atoms with E-state index in [2.05, 4.69) is 98.1 Å². The molecule has 0 saturated carbocycles. The van der Waals surface area contributed by atoms with Crippen LogP contribution in [-0.2, 0) is 13.1 Å². The lowest BCUT2D eigenvalue weighted by molar-refractivity contribution is 0.100. The average molecular weight is 455 g/mol. The van der Waals surface area contributed by atoms with Gasteiger partial charge in [-0.15, -0.1) is 5.10 Å². The van der Waals surface area contributed by atoms with Crippen molar-refractivity contribution in [3.8, 4) is 5.75 Å². The van der Waals surface area contributed by atoms with Gasteiger partial charge in [-0.3, -0.25) is 9.80 Å². The van der Waals surface area contributed by atoms with Crippen LogP contribution in [0.3, 0.4) is 0 Å². The number of nitrogens with zero attached hydrogens (tertiary/aromatic N) is 6. The number of rotatable bonds is 8. The smallest absolute Gasteiger partial charge is 0.173 e. The summed E-state index contributed by atoms with van der Waals surface area (Å²) in [6.07, 6.45) is 0. The van der Waals surface area contributed by atoms with Gasteiger partial charge < -0.3 is 4.74 Å². The molecule has 174 valence electrons. The van der Waals surface area contributed by atoms with Gasteiger partial charge in [-0.25, -0.2) is 4.68 Å². The van der Waals surface area contributed by atoms with Crippen molar-refractivity contribution in [3.63, 3.8) is 0 Å². The molecule has 1 fully saturated rings. The highest BCUT2D eigenvalue weighted by atomic mass is 16.5. The van der Waals surface area contributed by atoms with E-state index in [4.69, 9.17) is 4.74 Å². The molecule has 5 rings (SSSR count). The largest absolute Gasteiger partial charge is 0.497 e. The zero-order chi connectivity index (χ0) is 23.2. The van der Waals surface area contributed by atoms with Gasteiger partial charge >= 0.3 is 0 Å². The second-order valence-electron chi connectivity index (χ2n) is 8.65. The Morgan fingerprint density at radius 2 is 1.41 bits per heavy atom. The molecule has 0 unspecified atom stereocenters. The van der Waals surface area contributed by atoms with Crippen LogP contribution in [0.5, 0.6) is 5.75 Å². The molecule has 0 radical (unpaired) electrons. The third-order valence-corrected chi connectivity index (χ3v) is 6.43. The van der Waals surface area contributed by atoms with E-state index in [9.17, 15) is 0 Å². The Bertz CT molecular complexity index is 1150. The minimum atomic E-state index is 0.00771. The first-order chi connectivity index (χ1) is 16.8. The van der Waals surface area contributed by atoms with Gasteiger partial charge in [-0.05, 0) is 39.2 Å². The van der Waals surface area contributed by atoms with E-state index < -0.39 is 0 Å². The minimum Gasteiger partial charge on any atom is -0.497 e. The highest BCUT2D eigenvalue weighted by molar-refractivity contribution is 5.28. The van der Waals surface area contributed by atoms with Crippen molar-refractivity contribution in [2.45, 2.75) is 19.1 Å². The molecule has 0 aliphatic carbocycles. The van der Waals surface area contributed by atoms with Gasteiger partial charge in [0.25, 0.3) is 0 Å². The highest BCUT2D eigenvalue weighted by Crippen LogP contribution is 2.28. The molecule has 1 atom stereocenters. The molecule has 3 aromatic carbocycles. The summed E-state index contributed by atoms with van der Waals surface area (Å²) in [6, 6.07) is 29.3. The normalized spacial score (nSPS) is 15.8. The molecule has 0 N–H and O–H groups in total. The summed E-state index contributed by atoms with van der Waals surface area (Å²) >= 11 is 0. The predicted molar refractivity (Wildman–Crippen MR) is 131 cm³/mol. The van der Waals surface area contributed by atoms with Crippen LogP contribution < -0.4 is 4.74 Å². The number of benzene rings is 3. The monoisotopic (exact) mass is 454 g/mol. The van der Waals surface area contributed by atoms with Crippen molar-refractivity contribution >= 4 is 0 Å². The second kappa shape index (κ2) is 10.6. The van der Waals surface area contributed by atoms with Gasteiger partial charge in [0.15, 0.2) is 5.82 Å². The van der Waals surface area contributed by atoms with E-state index >= 15 is 0 Å². The Morgan fingerprint density at radius 3 is 2.09 bits per heavy atom. The third-order valence-electron chi connectivity index (χ3n) is 6.43. The van der Waals surface area contributed by atoms with Crippen LogP contribution in [0.4, 0.5) is 0 Å². The molecule has 7 nitrogen and oxygen atoms in total. The highest BCUT2D eigenvalue weighted by Gasteiger charge is 2.30. The third kappa shape index (κ3) is 5.16. The van der Waals surface area contributed by atoms with E-state index in [1.54, 1.807) is 7.11 Å². The molecule has 1 saturated heterocycles. The summed E-state index contributed by atoms with van der Waals surface area (Å²) in [6.45, 7) is 5.55. The number of ether oxygens (including phenoxy) is 1. The van der Waals surface area contributed by atoms with E-state index in [-0.39, 0.29) is 6.04 Å². The molecular weight excluding hydrogens is 424 g/mol. The molecule has 0 amide bonds. The molecule has 0 bridgehead atoms. The van der Waals surface area contributed by atoms with Crippen LogP contribution in [0, 0.1) is 0 Å². The van der Waals surface area contributed by atoms with Gasteiger partial charge in [0, 0.05) is 32.7 Å². The Hall–Kier alpha value is -3.55. The van der Waals surface area contributed by atoms with Gasteiger partial charge in [-0.1, -0.05) is 72.8 Å². The van der Waals surface area contributed by atoms with Gasteiger partial charge in [0.05, 0.1) is 19.7 Å². The maximum Gasteiger partial charge on any atom is 0.173 e. The first kappa shape index (κ1) is 22.3. The average Bonchev–Trinajstić information content (AvgIpc) is 3.34. The van der Waals surface area contributed by atoms with Crippen LogP contribution in [0.15, 0.2) is 84.9 Å². The second-order valence-corrected chi connectivity index (χ2v) is 8.65.